The van der Waals surface area contributed by atoms with Gasteiger partial charge in [-0.2, -0.15) is 4.31 Å². The van der Waals surface area contributed by atoms with Gasteiger partial charge in [-0.15, -0.1) is 0 Å². The summed E-state index contributed by atoms with van der Waals surface area (Å²) in [6, 6.07) is 3.11. The maximum Gasteiger partial charge on any atom is 0.244 e. The fourth-order valence-electron chi connectivity index (χ4n) is 2.40. The Morgan fingerprint density at radius 3 is 2.76 bits per heavy atom. The Morgan fingerprint density at radius 2 is 2.10 bits per heavy atom. The van der Waals surface area contributed by atoms with E-state index in [0.29, 0.717) is 38.3 Å². The van der Waals surface area contributed by atoms with Crippen molar-refractivity contribution in [1.82, 2.24) is 14.2 Å². The van der Waals surface area contributed by atoms with Gasteiger partial charge in [0.2, 0.25) is 15.9 Å². The van der Waals surface area contributed by atoms with E-state index in [2.05, 4.69) is 4.98 Å². The third-order valence-corrected chi connectivity index (χ3v) is 5.53. The standard InChI is InChI=1S/C13H20N4O3S/c1-11(18)16-6-3-7-17(9-8-16)21(19,20)13-4-2-5-15-12(13)10-14/h2,4-5H,3,6-10,14H2,1H3. The normalized spacial score (nSPS) is 17.5. The molecule has 0 unspecified atom stereocenters. The third kappa shape index (κ3) is 3.39. The van der Waals surface area contributed by atoms with Crippen LogP contribution in [-0.4, -0.2) is 54.7 Å². The number of carbonyl (C=O) groups is 1. The van der Waals surface area contributed by atoms with Crippen molar-refractivity contribution in [3.05, 3.63) is 24.0 Å². The molecule has 116 valence electrons. The number of amides is 1. The smallest absolute Gasteiger partial charge is 0.244 e. The van der Waals surface area contributed by atoms with Crippen LogP contribution in [0.25, 0.3) is 0 Å². The molecule has 0 bridgehead atoms. The van der Waals surface area contributed by atoms with E-state index < -0.39 is 10.0 Å². The summed E-state index contributed by atoms with van der Waals surface area (Å²) in [6.45, 7) is 3.25. The minimum Gasteiger partial charge on any atom is -0.342 e. The first-order valence-electron chi connectivity index (χ1n) is 6.86. The zero-order chi connectivity index (χ0) is 15.5. The Labute approximate surface area is 124 Å². The molecule has 1 aliphatic rings. The summed E-state index contributed by atoms with van der Waals surface area (Å²) in [7, 11) is -3.62. The lowest BCUT2D eigenvalue weighted by Crippen LogP contribution is -2.37. The molecule has 0 aromatic carbocycles. The molecule has 21 heavy (non-hydrogen) atoms. The predicted octanol–water partition coefficient (Wildman–Crippen LogP) is -0.217. The molecule has 2 rings (SSSR count). The highest BCUT2D eigenvalue weighted by Gasteiger charge is 2.29. The fraction of sp³-hybridized carbons (Fsp3) is 0.538. The second-order valence-corrected chi connectivity index (χ2v) is 6.82. The first kappa shape index (κ1) is 15.9. The molecule has 1 fully saturated rings. The largest absolute Gasteiger partial charge is 0.342 e. The molecular weight excluding hydrogens is 292 g/mol. The molecule has 0 spiro atoms. The van der Waals surface area contributed by atoms with Crippen molar-refractivity contribution in [2.75, 3.05) is 26.2 Å². The molecule has 0 aliphatic carbocycles. The number of rotatable bonds is 3. The van der Waals surface area contributed by atoms with Gasteiger partial charge in [0.1, 0.15) is 4.90 Å². The Bertz CT molecular complexity index is 618. The SMILES string of the molecule is CC(=O)N1CCCN(S(=O)(=O)c2cccnc2CN)CC1. The second kappa shape index (κ2) is 6.50. The molecule has 0 radical (unpaired) electrons. The Kier molecular flexibility index (Phi) is 4.92. The van der Waals surface area contributed by atoms with Gasteiger partial charge in [-0.3, -0.25) is 9.78 Å². The average molecular weight is 312 g/mol. The summed E-state index contributed by atoms with van der Waals surface area (Å²) >= 11 is 0. The molecule has 8 heteroatoms. The van der Waals surface area contributed by atoms with Crippen LogP contribution in [0.1, 0.15) is 19.0 Å². The lowest BCUT2D eigenvalue weighted by Gasteiger charge is -2.21. The maximum atomic E-state index is 12.7. The van der Waals surface area contributed by atoms with Gasteiger partial charge < -0.3 is 10.6 Å². The summed E-state index contributed by atoms with van der Waals surface area (Å²) in [5, 5.41) is 0. The predicted molar refractivity (Wildman–Crippen MR) is 77.8 cm³/mol. The van der Waals surface area contributed by atoms with Gasteiger partial charge in [-0.05, 0) is 18.6 Å². The van der Waals surface area contributed by atoms with Gasteiger partial charge in [-0.25, -0.2) is 8.42 Å². The minimum absolute atomic E-state index is 0.0294. The van der Waals surface area contributed by atoms with E-state index in [9.17, 15) is 13.2 Å². The summed E-state index contributed by atoms with van der Waals surface area (Å²) in [6.07, 6.45) is 2.15. The van der Waals surface area contributed by atoms with E-state index in [1.165, 1.54) is 23.5 Å². The molecular formula is C13H20N4O3S. The number of hydrogen-bond donors (Lipinski definition) is 1. The highest BCUT2D eigenvalue weighted by Crippen LogP contribution is 2.20. The van der Waals surface area contributed by atoms with Crippen molar-refractivity contribution in [1.29, 1.82) is 0 Å². The van der Waals surface area contributed by atoms with Crippen LogP contribution in [0.15, 0.2) is 23.2 Å². The lowest BCUT2D eigenvalue weighted by atomic mass is 10.3. The molecule has 0 saturated carbocycles. The van der Waals surface area contributed by atoms with Crippen LogP contribution in [0, 0.1) is 0 Å². The van der Waals surface area contributed by atoms with E-state index in [0.717, 1.165) is 0 Å². The third-order valence-electron chi connectivity index (χ3n) is 3.56. The first-order valence-corrected chi connectivity index (χ1v) is 8.30. The van der Waals surface area contributed by atoms with Crippen LogP contribution >= 0.6 is 0 Å². The average Bonchev–Trinajstić information content (AvgIpc) is 2.73. The molecule has 1 aromatic rings. The number of aromatic nitrogens is 1. The van der Waals surface area contributed by atoms with Gasteiger partial charge in [0.05, 0.1) is 5.69 Å². The monoisotopic (exact) mass is 312 g/mol. The number of nitrogens with two attached hydrogens (primary N) is 1. The van der Waals surface area contributed by atoms with Gasteiger partial charge in [0.15, 0.2) is 0 Å². The molecule has 1 aromatic heterocycles. The first-order chi connectivity index (χ1) is 9.96. The summed E-state index contributed by atoms with van der Waals surface area (Å²) in [4.78, 5) is 17.3. The number of hydrogen-bond acceptors (Lipinski definition) is 5. The van der Waals surface area contributed by atoms with Gasteiger partial charge >= 0.3 is 0 Å². The summed E-state index contributed by atoms with van der Waals surface area (Å²) < 4.78 is 26.9. The molecule has 1 aliphatic heterocycles. The van der Waals surface area contributed by atoms with Crippen LogP contribution in [0.3, 0.4) is 0 Å². The van der Waals surface area contributed by atoms with E-state index in [1.807, 2.05) is 0 Å². The van der Waals surface area contributed by atoms with Crippen molar-refractivity contribution < 1.29 is 13.2 Å². The van der Waals surface area contributed by atoms with Crippen molar-refractivity contribution in [2.24, 2.45) is 5.73 Å². The Hall–Kier alpha value is -1.51. The number of carbonyl (C=O) groups excluding carboxylic acids is 1. The zero-order valence-corrected chi connectivity index (χ0v) is 12.8. The number of sulfonamides is 1. The van der Waals surface area contributed by atoms with Crippen LogP contribution in [0.5, 0.6) is 0 Å². The van der Waals surface area contributed by atoms with E-state index in [4.69, 9.17) is 5.73 Å². The molecule has 0 atom stereocenters. The van der Waals surface area contributed by atoms with Crippen molar-refractivity contribution in [2.45, 2.75) is 24.8 Å². The van der Waals surface area contributed by atoms with Gasteiger partial charge in [-0.1, -0.05) is 0 Å². The Morgan fingerprint density at radius 1 is 1.33 bits per heavy atom. The molecule has 1 amide bonds. The highest BCUT2D eigenvalue weighted by molar-refractivity contribution is 7.89. The number of pyridine rings is 1. The Balaban J connectivity index is 2.25. The zero-order valence-electron chi connectivity index (χ0n) is 12.0. The topological polar surface area (TPSA) is 96.6 Å². The van der Waals surface area contributed by atoms with Crippen LogP contribution in [0.4, 0.5) is 0 Å². The van der Waals surface area contributed by atoms with Crippen LogP contribution < -0.4 is 5.73 Å². The number of nitrogens with zero attached hydrogens (tertiary/aromatic N) is 3. The van der Waals surface area contributed by atoms with Crippen molar-refractivity contribution in [3.63, 3.8) is 0 Å². The van der Waals surface area contributed by atoms with E-state index >= 15 is 0 Å². The lowest BCUT2D eigenvalue weighted by molar-refractivity contribution is -0.128. The molecule has 7 nitrogen and oxygen atoms in total. The fourth-order valence-corrected chi connectivity index (χ4v) is 4.05. The maximum absolute atomic E-state index is 12.7. The van der Waals surface area contributed by atoms with Gasteiger partial charge in [0, 0.05) is 45.8 Å². The second-order valence-electron chi connectivity index (χ2n) is 4.92. The molecule has 1 saturated heterocycles. The molecule has 2 N–H and O–H groups in total. The highest BCUT2D eigenvalue weighted by atomic mass is 32.2. The van der Waals surface area contributed by atoms with E-state index in [1.54, 1.807) is 11.0 Å². The van der Waals surface area contributed by atoms with Crippen molar-refractivity contribution in [3.8, 4) is 0 Å². The summed E-state index contributed by atoms with van der Waals surface area (Å²) in [5.74, 6) is -0.0294. The van der Waals surface area contributed by atoms with E-state index in [-0.39, 0.29) is 17.3 Å². The van der Waals surface area contributed by atoms with Crippen molar-refractivity contribution >= 4 is 15.9 Å². The molecule has 2 heterocycles. The minimum atomic E-state index is -3.62. The van der Waals surface area contributed by atoms with Crippen LogP contribution in [-0.2, 0) is 21.4 Å². The quantitative estimate of drug-likeness (QED) is 0.832. The van der Waals surface area contributed by atoms with Crippen LogP contribution in [0.2, 0.25) is 0 Å². The van der Waals surface area contributed by atoms with Gasteiger partial charge in [0.25, 0.3) is 0 Å². The summed E-state index contributed by atoms with van der Waals surface area (Å²) in [5.41, 5.74) is 5.94.